The van der Waals surface area contributed by atoms with Crippen LogP contribution in [0.4, 0.5) is 4.79 Å². The van der Waals surface area contributed by atoms with E-state index in [-0.39, 0.29) is 23.3 Å². The quantitative estimate of drug-likeness (QED) is 0.463. The van der Waals surface area contributed by atoms with Crippen molar-refractivity contribution in [3.05, 3.63) is 41.3 Å². The van der Waals surface area contributed by atoms with Gasteiger partial charge >= 0.3 is 0 Å². The molecule has 1 aliphatic rings. The molecule has 1 saturated heterocycles. The van der Waals surface area contributed by atoms with Crippen LogP contribution in [0.25, 0.3) is 6.08 Å². The van der Waals surface area contributed by atoms with E-state index in [2.05, 4.69) is 11.9 Å². The number of carbonyl (C=O) groups excluding carboxylic acids is 3. The number of ether oxygens (including phenoxy) is 2. The largest absolute Gasteiger partial charge is 0.490 e. The first-order valence-electron chi connectivity index (χ1n) is 9.38. The number of amides is 3. The van der Waals surface area contributed by atoms with Gasteiger partial charge in [0, 0.05) is 6.54 Å². The Morgan fingerprint density at radius 3 is 2.69 bits per heavy atom. The molecule has 8 heteroatoms. The van der Waals surface area contributed by atoms with Crippen molar-refractivity contribution in [2.24, 2.45) is 5.92 Å². The number of thioether (sulfide) groups is 1. The molecule has 156 valence electrons. The van der Waals surface area contributed by atoms with Crippen molar-refractivity contribution in [2.75, 3.05) is 26.3 Å². The molecule has 3 amide bonds. The molecular weight excluding hydrogens is 392 g/mol. The molecule has 1 aliphatic heterocycles. The fourth-order valence-electron chi connectivity index (χ4n) is 2.46. The second-order valence-electron chi connectivity index (χ2n) is 6.70. The molecule has 2 rings (SSSR count). The lowest BCUT2D eigenvalue weighted by molar-refractivity contribution is -0.129. The highest BCUT2D eigenvalue weighted by Gasteiger charge is 2.36. The first-order chi connectivity index (χ1) is 13.8. The van der Waals surface area contributed by atoms with Crippen molar-refractivity contribution < 1.29 is 23.9 Å². The van der Waals surface area contributed by atoms with Gasteiger partial charge in [-0.15, -0.1) is 0 Å². The van der Waals surface area contributed by atoms with Gasteiger partial charge in [0.2, 0.25) is 5.91 Å². The summed E-state index contributed by atoms with van der Waals surface area (Å²) in [6, 6.07) is 5.25. The average Bonchev–Trinajstić information content (AvgIpc) is 2.93. The van der Waals surface area contributed by atoms with E-state index >= 15 is 0 Å². The summed E-state index contributed by atoms with van der Waals surface area (Å²) in [4.78, 5) is 38.0. The summed E-state index contributed by atoms with van der Waals surface area (Å²) in [5, 5.41) is 2.25. The Hall–Kier alpha value is -2.74. The molecule has 0 saturated carbocycles. The van der Waals surface area contributed by atoms with Crippen LogP contribution in [0.5, 0.6) is 11.5 Å². The molecule has 29 heavy (non-hydrogen) atoms. The summed E-state index contributed by atoms with van der Waals surface area (Å²) in [5.74, 6) is 0.551. The highest BCUT2D eigenvalue weighted by Crippen LogP contribution is 2.34. The number of carbonyl (C=O) groups is 3. The first kappa shape index (κ1) is 22.5. The molecule has 1 fully saturated rings. The molecule has 0 spiro atoms. The Bertz CT molecular complexity index is 819. The Labute approximate surface area is 175 Å². The standard InChI is InChI=1S/C21H26N2O5S/c1-5-9-28-16-8-7-15(10-17(16)27-6-2)11-18-20(25)23(21(26)29-18)13-19(24)22-12-14(3)4/h5,7-8,10-11,14H,1,6,9,12-13H2,2-4H3,(H,22,24)/b18-11-. The summed E-state index contributed by atoms with van der Waals surface area (Å²) in [6.07, 6.45) is 3.24. The molecule has 0 aromatic heterocycles. The van der Waals surface area contributed by atoms with Crippen molar-refractivity contribution in [1.29, 1.82) is 0 Å². The van der Waals surface area contributed by atoms with Crippen LogP contribution in [0.15, 0.2) is 35.8 Å². The van der Waals surface area contributed by atoms with Crippen LogP contribution < -0.4 is 14.8 Å². The molecule has 1 aromatic carbocycles. The molecular formula is C21H26N2O5S. The van der Waals surface area contributed by atoms with Gasteiger partial charge < -0.3 is 14.8 Å². The highest BCUT2D eigenvalue weighted by molar-refractivity contribution is 8.18. The summed E-state index contributed by atoms with van der Waals surface area (Å²) < 4.78 is 11.2. The fourth-order valence-corrected chi connectivity index (χ4v) is 3.29. The van der Waals surface area contributed by atoms with Crippen molar-refractivity contribution >= 4 is 34.9 Å². The smallest absolute Gasteiger partial charge is 0.294 e. The Balaban J connectivity index is 2.14. The average molecular weight is 419 g/mol. The fraction of sp³-hybridized carbons (Fsp3) is 0.381. The van der Waals surface area contributed by atoms with E-state index in [0.717, 1.165) is 16.7 Å². The van der Waals surface area contributed by atoms with Crippen molar-refractivity contribution in [3.8, 4) is 11.5 Å². The van der Waals surface area contributed by atoms with Gasteiger partial charge in [-0.05, 0) is 48.4 Å². The van der Waals surface area contributed by atoms with Crippen LogP contribution in [0.3, 0.4) is 0 Å². The number of rotatable bonds is 10. The van der Waals surface area contributed by atoms with Gasteiger partial charge in [-0.25, -0.2) is 0 Å². The van der Waals surface area contributed by atoms with Gasteiger partial charge in [-0.1, -0.05) is 32.6 Å². The van der Waals surface area contributed by atoms with Crippen molar-refractivity contribution in [2.45, 2.75) is 20.8 Å². The summed E-state index contributed by atoms with van der Waals surface area (Å²) in [5.41, 5.74) is 0.689. The van der Waals surface area contributed by atoms with E-state index in [0.29, 0.717) is 36.8 Å². The maximum Gasteiger partial charge on any atom is 0.294 e. The molecule has 0 radical (unpaired) electrons. The Morgan fingerprint density at radius 2 is 2.03 bits per heavy atom. The third-order valence-electron chi connectivity index (χ3n) is 3.80. The summed E-state index contributed by atoms with van der Waals surface area (Å²) in [6.45, 7) is 10.4. The summed E-state index contributed by atoms with van der Waals surface area (Å²) in [7, 11) is 0. The van der Waals surface area contributed by atoms with Gasteiger partial charge in [0.1, 0.15) is 13.2 Å². The molecule has 1 heterocycles. The van der Waals surface area contributed by atoms with Gasteiger partial charge in [0.05, 0.1) is 11.5 Å². The molecule has 0 unspecified atom stereocenters. The topological polar surface area (TPSA) is 84.9 Å². The van der Waals surface area contributed by atoms with E-state index in [1.165, 1.54) is 0 Å². The van der Waals surface area contributed by atoms with Crippen LogP contribution in [0.2, 0.25) is 0 Å². The lowest BCUT2D eigenvalue weighted by Gasteiger charge is -2.13. The van der Waals surface area contributed by atoms with Crippen molar-refractivity contribution in [3.63, 3.8) is 0 Å². The zero-order valence-electron chi connectivity index (χ0n) is 16.9. The SMILES string of the molecule is C=CCOc1ccc(/C=C2\SC(=O)N(CC(=O)NCC(C)C)C2=O)cc1OCC. The number of hydrogen-bond donors (Lipinski definition) is 1. The van der Waals surface area contributed by atoms with Crippen LogP contribution in [0.1, 0.15) is 26.3 Å². The maximum absolute atomic E-state index is 12.6. The molecule has 0 atom stereocenters. The molecule has 1 N–H and O–H groups in total. The minimum Gasteiger partial charge on any atom is -0.490 e. The number of nitrogens with one attached hydrogen (secondary N) is 1. The predicted octanol–water partition coefficient (Wildman–Crippen LogP) is 3.46. The summed E-state index contributed by atoms with van der Waals surface area (Å²) >= 11 is 0.814. The van der Waals surface area contributed by atoms with Gasteiger partial charge in [0.25, 0.3) is 11.1 Å². The van der Waals surface area contributed by atoms with Crippen LogP contribution >= 0.6 is 11.8 Å². The van der Waals surface area contributed by atoms with Crippen molar-refractivity contribution in [1.82, 2.24) is 10.2 Å². The molecule has 0 aliphatic carbocycles. The Morgan fingerprint density at radius 1 is 1.28 bits per heavy atom. The van der Waals surface area contributed by atoms with E-state index in [1.807, 2.05) is 20.8 Å². The maximum atomic E-state index is 12.6. The monoisotopic (exact) mass is 418 g/mol. The molecule has 7 nitrogen and oxygen atoms in total. The van der Waals surface area contributed by atoms with Gasteiger partial charge in [-0.2, -0.15) is 0 Å². The third-order valence-corrected chi connectivity index (χ3v) is 4.71. The van der Waals surface area contributed by atoms with E-state index in [9.17, 15) is 14.4 Å². The lowest BCUT2D eigenvalue weighted by Crippen LogP contribution is -2.40. The van der Waals surface area contributed by atoms with E-state index in [4.69, 9.17) is 9.47 Å². The molecule has 0 bridgehead atoms. The highest BCUT2D eigenvalue weighted by atomic mass is 32.2. The van der Waals surface area contributed by atoms with Crippen LogP contribution in [-0.4, -0.2) is 48.3 Å². The second-order valence-corrected chi connectivity index (χ2v) is 7.70. The first-order valence-corrected chi connectivity index (χ1v) is 10.2. The second kappa shape index (κ2) is 10.7. The minimum absolute atomic E-state index is 0.258. The van der Waals surface area contributed by atoms with Crippen LogP contribution in [0, 0.1) is 5.92 Å². The number of benzene rings is 1. The normalized spacial score (nSPS) is 15.2. The number of imide groups is 1. The zero-order valence-corrected chi connectivity index (χ0v) is 17.7. The zero-order chi connectivity index (χ0) is 21.4. The number of hydrogen-bond acceptors (Lipinski definition) is 6. The van der Waals surface area contributed by atoms with Crippen LogP contribution in [-0.2, 0) is 9.59 Å². The minimum atomic E-state index is -0.482. The number of nitrogens with zero attached hydrogens (tertiary/aromatic N) is 1. The predicted molar refractivity (Wildman–Crippen MR) is 114 cm³/mol. The third kappa shape index (κ3) is 6.39. The van der Waals surface area contributed by atoms with Gasteiger partial charge in [-0.3, -0.25) is 19.3 Å². The lowest BCUT2D eigenvalue weighted by atomic mass is 10.2. The Kier molecular flexibility index (Phi) is 8.33. The van der Waals surface area contributed by atoms with E-state index < -0.39 is 11.1 Å². The van der Waals surface area contributed by atoms with E-state index in [1.54, 1.807) is 30.4 Å². The van der Waals surface area contributed by atoms with Gasteiger partial charge in [0.15, 0.2) is 11.5 Å². The molecule has 1 aromatic rings.